The summed E-state index contributed by atoms with van der Waals surface area (Å²) in [6, 6.07) is 4.78. The average molecular weight is 366 g/mol. The quantitative estimate of drug-likeness (QED) is 0.817. The van der Waals surface area contributed by atoms with Crippen molar-refractivity contribution in [1.82, 2.24) is 9.62 Å². The van der Waals surface area contributed by atoms with Crippen molar-refractivity contribution in [3.63, 3.8) is 0 Å². The summed E-state index contributed by atoms with van der Waals surface area (Å²) in [5.74, 6) is -0.594. The van der Waals surface area contributed by atoms with E-state index in [2.05, 4.69) is 5.32 Å². The summed E-state index contributed by atoms with van der Waals surface area (Å²) in [5.41, 5.74) is 1.88. The zero-order valence-corrected chi connectivity index (χ0v) is 15.1. The Labute approximate surface area is 147 Å². The van der Waals surface area contributed by atoms with E-state index in [-0.39, 0.29) is 36.0 Å². The molecule has 0 bridgehead atoms. The van der Waals surface area contributed by atoms with Gasteiger partial charge in [-0.25, -0.2) is 12.7 Å². The third-order valence-electron chi connectivity index (χ3n) is 4.82. The molecular weight excluding hydrogens is 344 g/mol. The molecule has 2 atom stereocenters. The van der Waals surface area contributed by atoms with E-state index >= 15 is 0 Å². The predicted molar refractivity (Wildman–Crippen MR) is 92.1 cm³/mol. The number of benzene rings is 1. The van der Waals surface area contributed by atoms with Crippen LogP contribution in [0.1, 0.15) is 32.7 Å². The smallest absolute Gasteiger partial charge is 0.251 e. The number of ketones is 1. The van der Waals surface area contributed by atoms with Crippen molar-refractivity contribution < 1.29 is 22.7 Å². The summed E-state index contributed by atoms with van der Waals surface area (Å²) in [5, 5.41) is 2.89. The zero-order chi connectivity index (χ0) is 18.2. The van der Waals surface area contributed by atoms with Crippen LogP contribution >= 0.6 is 0 Å². The number of amides is 1. The van der Waals surface area contributed by atoms with Crippen LogP contribution in [-0.2, 0) is 21.2 Å². The van der Waals surface area contributed by atoms with Gasteiger partial charge in [0.25, 0.3) is 5.91 Å². The lowest BCUT2D eigenvalue weighted by Gasteiger charge is -2.21. The number of nitrogens with zero attached hydrogens (tertiary/aromatic N) is 1. The highest BCUT2D eigenvalue weighted by Crippen LogP contribution is 2.26. The minimum atomic E-state index is -3.37. The second-order valence-corrected chi connectivity index (χ2v) is 8.92. The van der Waals surface area contributed by atoms with E-state index in [0.29, 0.717) is 30.6 Å². The number of Topliss-reactive ketones (excluding diaryl/α,β-unsaturated/α-hetero) is 1. The van der Waals surface area contributed by atoms with Gasteiger partial charge in [-0.3, -0.25) is 9.59 Å². The molecular formula is C17H22N2O5S. The van der Waals surface area contributed by atoms with Crippen LogP contribution in [0.3, 0.4) is 0 Å². The molecule has 2 aliphatic rings. The molecule has 1 amide bonds. The van der Waals surface area contributed by atoms with Crippen molar-refractivity contribution in [3.8, 4) is 0 Å². The first-order valence-electron chi connectivity index (χ1n) is 8.23. The number of nitrogens with one attached hydrogen (secondary N) is 1. The molecule has 3 rings (SSSR count). The van der Waals surface area contributed by atoms with Crippen LogP contribution in [-0.4, -0.2) is 63.5 Å². The minimum absolute atomic E-state index is 0.0591. The van der Waals surface area contributed by atoms with Gasteiger partial charge in [0.1, 0.15) is 0 Å². The standard InChI is InChI=1S/C17H22N2O5S/c1-19(2)25(22,23)10-11-8-24-9-15(11)18-17(21)14-5-3-4-13-12(14)6-7-16(13)20/h3-5,11,15H,6-10H2,1-2H3,(H,18,21)/t11-,15-/m0/s1. The van der Waals surface area contributed by atoms with E-state index in [1.807, 2.05) is 0 Å². The first kappa shape index (κ1) is 18.0. The second-order valence-electron chi connectivity index (χ2n) is 6.69. The van der Waals surface area contributed by atoms with Gasteiger partial charge in [0.15, 0.2) is 5.78 Å². The fourth-order valence-corrected chi connectivity index (χ4v) is 4.46. The monoisotopic (exact) mass is 366 g/mol. The van der Waals surface area contributed by atoms with Gasteiger partial charge >= 0.3 is 0 Å². The Morgan fingerprint density at radius 2 is 2.04 bits per heavy atom. The Morgan fingerprint density at radius 3 is 2.76 bits per heavy atom. The molecule has 1 heterocycles. The first-order chi connectivity index (χ1) is 11.8. The molecule has 1 aliphatic carbocycles. The Hall–Kier alpha value is -1.77. The first-order valence-corrected chi connectivity index (χ1v) is 9.84. The molecule has 136 valence electrons. The molecule has 25 heavy (non-hydrogen) atoms. The Balaban J connectivity index is 1.74. The number of hydrogen-bond acceptors (Lipinski definition) is 5. The number of carbonyl (C=O) groups excluding carboxylic acids is 2. The Morgan fingerprint density at radius 1 is 1.28 bits per heavy atom. The number of carbonyl (C=O) groups is 2. The summed E-state index contributed by atoms with van der Waals surface area (Å²) < 4.78 is 30.8. The highest BCUT2D eigenvalue weighted by atomic mass is 32.2. The molecule has 1 N–H and O–H groups in total. The minimum Gasteiger partial charge on any atom is -0.379 e. The van der Waals surface area contributed by atoms with Gasteiger partial charge in [-0.2, -0.15) is 0 Å². The van der Waals surface area contributed by atoms with Crippen LogP contribution in [0, 0.1) is 5.92 Å². The van der Waals surface area contributed by atoms with E-state index < -0.39 is 10.0 Å². The summed E-state index contributed by atoms with van der Waals surface area (Å²) >= 11 is 0. The van der Waals surface area contributed by atoms with Crippen molar-refractivity contribution in [2.24, 2.45) is 5.92 Å². The largest absolute Gasteiger partial charge is 0.379 e. The number of hydrogen-bond donors (Lipinski definition) is 1. The van der Waals surface area contributed by atoms with E-state index in [0.717, 1.165) is 5.56 Å². The van der Waals surface area contributed by atoms with Gasteiger partial charge in [-0.1, -0.05) is 12.1 Å². The zero-order valence-electron chi connectivity index (χ0n) is 14.3. The van der Waals surface area contributed by atoms with Gasteiger partial charge < -0.3 is 10.1 Å². The van der Waals surface area contributed by atoms with Crippen LogP contribution in [0.2, 0.25) is 0 Å². The SMILES string of the molecule is CN(C)S(=O)(=O)C[C@@H]1COC[C@@H]1NC(=O)c1cccc2c1CCC2=O. The molecule has 7 nitrogen and oxygen atoms in total. The molecule has 8 heteroatoms. The summed E-state index contributed by atoms with van der Waals surface area (Å²) in [7, 11) is -0.396. The highest BCUT2D eigenvalue weighted by molar-refractivity contribution is 7.89. The van der Waals surface area contributed by atoms with Crippen LogP contribution in [0.5, 0.6) is 0 Å². The number of ether oxygens (including phenoxy) is 1. The van der Waals surface area contributed by atoms with Gasteiger partial charge in [0.2, 0.25) is 10.0 Å². The molecule has 0 saturated carbocycles. The van der Waals surface area contributed by atoms with E-state index in [1.54, 1.807) is 18.2 Å². The number of sulfonamides is 1. The van der Waals surface area contributed by atoms with E-state index in [1.165, 1.54) is 18.4 Å². The van der Waals surface area contributed by atoms with Crippen molar-refractivity contribution in [2.45, 2.75) is 18.9 Å². The predicted octanol–water partition coefficient (Wildman–Crippen LogP) is 0.452. The third kappa shape index (κ3) is 3.61. The highest BCUT2D eigenvalue weighted by Gasteiger charge is 2.35. The normalized spacial score (nSPS) is 23.1. The van der Waals surface area contributed by atoms with Crippen molar-refractivity contribution >= 4 is 21.7 Å². The van der Waals surface area contributed by atoms with Crippen molar-refractivity contribution in [2.75, 3.05) is 33.1 Å². The van der Waals surface area contributed by atoms with Crippen LogP contribution in [0.4, 0.5) is 0 Å². The summed E-state index contributed by atoms with van der Waals surface area (Å²) in [6.45, 7) is 0.580. The Kier molecular flexibility index (Phi) is 4.95. The topological polar surface area (TPSA) is 92.8 Å². The van der Waals surface area contributed by atoms with Gasteiger partial charge in [-0.05, 0) is 18.1 Å². The molecule has 1 fully saturated rings. The molecule has 0 radical (unpaired) electrons. The third-order valence-corrected chi connectivity index (χ3v) is 6.78. The summed E-state index contributed by atoms with van der Waals surface area (Å²) in [4.78, 5) is 24.5. The average Bonchev–Trinajstić information content (AvgIpc) is 3.14. The lowest BCUT2D eigenvalue weighted by Crippen LogP contribution is -2.43. The van der Waals surface area contributed by atoms with E-state index in [9.17, 15) is 18.0 Å². The molecule has 1 aromatic rings. The lowest BCUT2D eigenvalue weighted by atomic mass is 10.0. The van der Waals surface area contributed by atoms with Gasteiger partial charge in [0.05, 0.1) is 25.0 Å². The fraction of sp³-hybridized carbons (Fsp3) is 0.529. The van der Waals surface area contributed by atoms with Crippen molar-refractivity contribution in [1.29, 1.82) is 0 Å². The maximum Gasteiger partial charge on any atom is 0.251 e. The van der Waals surface area contributed by atoms with Gasteiger partial charge in [0, 0.05) is 37.6 Å². The number of fused-ring (bicyclic) bond motifs is 1. The molecule has 0 unspecified atom stereocenters. The van der Waals surface area contributed by atoms with Crippen molar-refractivity contribution in [3.05, 3.63) is 34.9 Å². The van der Waals surface area contributed by atoms with Crippen LogP contribution in [0.15, 0.2) is 18.2 Å². The molecule has 1 aliphatic heterocycles. The molecule has 0 spiro atoms. The molecule has 0 aromatic heterocycles. The molecule has 1 aromatic carbocycles. The fourth-order valence-electron chi connectivity index (χ4n) is 3.29. The van der Waals surface area contributed by atoms with Crippen LogP contribution in [0.25, 0.3) is 0 Å². The Bertz CT molecular complexity index is 803. The number of rotatable bonds is 5. The maximum absolute atomic E-state index is 12.7. The second kappa shape index (κ2) is 6.86. The summed E-state index contributed by atoms with van der Waals surface area (Å²) in [6.07, 6.45) is 0.993. The van der Waals surface area contributed by atoms with Gasteiger partial charge in [-0.15, -0.1) is 0 Å². The molecule has 1 saturated heterocycles. The lowest BCUT2D eigenvalue weighted by molar-refractivity contribution is 0.0924. The van der Waals surface area contributed by atoms with Crippen LogP contribution < -0.4 is 5.32 Å². The maximum atomic E-state index is 12.7. The van der Waals surface area contributed by atoms with E-state index in [4.69, 9.17) is 4.74 Å².